The molecule has 0 fully saturated rings. The molecule has 0 atom stereocenters. The Morgan fingerprint density at radius 1 is 1.22 bits per heavy atom. The highest BCUT2D eigenvalue weighted by Gasteiger charge is 2.03. The SMILES string of the molecule is CCOc1ccc(NCCCCCCO)cc1F. The van der Waals surface area contributed by atoms with Crippen molar-refractivity contribution in [3.63, 3.8) is 0 Å². The minimum Gasteiger partial charge on any atom is -0.491 e. The van der Waals surface area contributed by atoms with Gasteiger partial charge in [-0.1, -0.05) is 12.8 Å². The number of halogens is 1. The number of ether oxygens (including phenoxy) is 1. The van der Waals surface area contributed by atoms with Crippen molar-refractivity contribution < 1.29 is 14.2 Å². The van der Waals surface area contributed by atoms with Gasteiger partial charge >= 0.3 is 0 Å². The van der Waals surface area contributed by atoms with Crippen molar-refractivity contribution in [3.05, 3.63) is 24.0 Å². The first kappa shape index (κ1) is 14.8. The van der Waals surface area contributed by atoms with Gasteiger partial charge in [0.1, 0.15) is 0 Å². The molecule has 0 heterocycles. The highest BCUT2D eigenvalue weighted by atomic mass is 19.1. The largest absolute Gasteiger partial charge is 0.491 e. The van der Waals surface area contributed by atoms with Crippen LogP contribution < -0.4 is 10.1 Å². The van der Waals surface area contributed by atoms with E-state index in [-0.39, 0.29) is 12.4 Å². The first-order valence-electron chi connectivity index (χ1n) is 6.55. The molecule has 0 aliphatic heterocycles. The highest BCUT2D eigenvalue weighted by molar-refractivity contribution is 5.47. The molecule has 102 valence electrons. The third-order valence-electron chi connectivity index (χ3n) is 2.65. The Morgan fingerprint density at radius 2 is 2.00 bits per heavy atom. The van der Waals surface area contributed by atoms with E-state index < -0.39 is 0 Å². The summed E-state index contributed by atoms with van der Waals surface area (Å²) in [5, 5.41) is 11.8. The second kappa shape index (κ2) is 8.75. The van der Waals surface area contributed by atoms with Crippen molar-refractivity contribution >= 4 is 5.69 Å². The number of aliphatic hydroxyl groups is 1. The topological polar surface area (TPSA) is 41.5 Å². The van der Waals surface area contributed by atoms with Gasteiger partial charge in [0, 0.05) is 24.9 Å². The van der Waals surface area contributed by atoms with Crippen molar-refractivity contribution in [1.82, 2.24) is 0 Å². The Hall–Kier alpha value is -1.29. The van der Waals surface area contributed by atoms with Gasteiger partial charge in [0.25, 0.3) is 0 Å². The molecule has 0 aromatic heterocycles. The highest BCUT2D eigenvalue weighted by Crippen LogP contribution is 2.21. The first-order chi connectivity index (χ1) is 8.77. The standard InChI is InChI=1S/C14H22FNO2/c1-2-18-14-8-7-12(11-13(14)15)16-9-5-3-4-6-10-17/h7-8,11,16-17H,2-6,9-10H2,1H3. The van der Waals surface area contributed by atoms with Crippen molar-refractivity contribution in [3.8, 4) is 5.75 Å². The molecule has 3 nitrogen and oxygen atoms in total. The Balaban J connectivity index is 2.28. The van der Waals surface area contributed by atoms with E-state index in [2.05, 4.69) is 5.32 Å². The van der Waals surface area contributed by atoms with E-state index in [4.69, 9.17) is 9.84 Å². The van der Waals surface area contributed by atoms with Gasteiger partial charge in [0.15, 0.2) is 11.6 Å². The van der Waals surface area contributed by atoms with Crippen LogP contribution in [0.25, 0.3) is 0 Å². The Labute approximate surface area is 108 Å². The van der Waals surface area contributed by atoms with Crippen LogP contribution >= 0.6 is 0 Å². The predicted octanol–water partition coefficient (Wildman–Crippen LogP) is 3.19. The van der Waals surface area contributed by atoms with Crippen LogP contribution in [0.2, 0.25) is 0 Å². The van der Waals surface area contributed by atoms with Gasteiger partial charge in [0.05, 0.1) is 6.61 Å². The summed E-state index contributed by atoms with van der Waals surface area (Å²) in [5.41, 5.74) is 0.776. The Kier molecular flexibility index (Phi) is 7.18. The van der Waals surface area contributed by atoms with Crippen LogP contribution in [0.3, 0.4) is 0 Å². The maximum absolute atomic E-state index is 13.5. The number of benzene rings is 1. The Morgan fingerprint density at radius 3 is 2.67 bits per heavy atom. The molecule has 1 aromatic carbocycles. The lowest BCUT2D eigenvalue weighted by Crippen LogP contribution is -2.02. The van der Waals surface area contributed by atoms with Crippen LogP contribution in [0, 0.1) is 5.82 Å². The number of hydrogen-bond donors (Lipinski definition) is 2. The summed E-state index contributed by atoms with van der Waals surface area (Å²) in [6.07, 6.45) is 4.00. The van der Waals surface area contributed by atoms with Gasteiger partial charge in [0.2, 0.25) is 0 Å². The van der Waals surface area contributed by atoms with Gasteiger partial charge in [-0.25, -0.2) is 4.39 Å². The van der Waals surface area contributed by atoms with Crippen LogP contribution in [0.1, 0.15) is 32.6 Å². The summed E-state index contributed by atoms with van der Waals surface area (Å²) in [7, 11) is 0. The molecule has 0 aliphatic carbocycles. The van der Waals surface area contributed by atoms with E-state index >= 15 is 0 Å². The van der Waals surface area contributed by atoms with Crippen LogP contribution in [0.4, 0.5) is 10.1 Å². The molecule has 2 N–H and O–H groups in total. The lowest BCUT2D eigenvalue weighted by Gasteiger charge is -2.09. The van der Waals surface area contributed by atoms with Gasteiger partial charge in [-0.05, 0) is 31.9 Å². The van der Waals surface area contributed by atoms with Crippen LogP contribution in [0.15, 0.2) is 18.2 Å². The van der Waals surface area contributed by atoms with Crippen molar-refractivity contribution in [2.45, 2.75) is 32.6 Å². The number of rotatable bonds is 9. The molecule has 0 bridgehead atoms. The Bertz CT molecular complexity index is 345. The number of aliphatic hydroxyl groups excluding tert-OH is 1. The number of nitrogens with one attached hydrogen (secondary N) is 1. The maximum Gasteiger partial charge on any atom is 0.167 e. The summed E-state index contributed by atoms with van der Waals surface area (Å²) >= 11 is 0. The number of unbranched alkanes of at least 4 members (excludes halogenated alkanes) is 3. The van der Waals surface area contributed by atoms with Crippen molar-refractivity contribution in [2.24, 2.45) is 0 Å². The smallest absolute Gasteiger partial charge is 0.167 e. The van der Waals surface area contributed by atoms with E-state index in [0.717, 1.165) is 37.9 Å². The van der Waals surface area contributed by atoms with E-state index in [1.165, 1.54) is 6.07 Å². The molecule has 1 aromatic rings. The normalized spacial score (nSPS) is 10.4. The van der Waals surface area contributed by atoms with Crippen LogP contribution in [-0.2, 0) is 0 Å². The zero-order chi connectivity index (χ0) is 13.2. The minimum absolute atomic E-state index is 0.261. The average Bonchev–Trinajstić information content (AvgIpc) is 2.37. The lowest BCUT2D eigenvalue weighted by molar-refractivity contribution is 0.283. The van der Waals surface area contributed by atoms with Crippen molar-refractivity contribution in [2.75, 3.05) is 25.1 Å². The molecule has 0 radical (unpaired) electrons. The molecule has 0 saturated carbocycles. The number of anilines is 1. The van der Waals surface area contributed by atoms with E-state index in [0.29, 0.717) is 12.4 Å². The molecule has 0 spiro atoms. The van der Waals surface area contributed by atoms with E-state index in [1.807, 2.05) is 13.0 Å². The second-order valence-corrected chi connectivity index (χ2v) is 4.14. The second-order valence-electron chi connectivity index (χ2n) is 4.14. The maximum atomic E-state index is 13.5. The third kappa shape index (κ3) is 5.36. The molecule has 18 heavy (non-hydrogen) atoms. The monoisotopic (exact) mass is 255 g/mol. The minimum atomic E-state index is -0.331. The van der Waals surface area contributed by atoms with Gasteiger partial charge in [-0.2, -0.15) is 0 Å². The van der Waals surface area contributed by atoms with Crippen molar-refractivity contribution in [1.29, 1.82) is 0 Å². The van der Waals surface area contributed by atoms with E-state index in [1.54, 1.807) is 6.07 Å². The number of hydrogen-bond acceptors (Lipinski definition) is 3. The molecule has 4 heteroatoms. The molecule has 0 amide bonds. The fourth-order valence-corrected chi connectivity index (χ4v) is 1.71. The molecule has 0 aliphatic rings. The van der Waals surface area contributed by atoms with Crippen LogP contribution in [-0.4, -0.2) is 24.9 Å². The summed E-state index contributed by atoms with van der Waals surface area (Å²) in [5.74, 6) is -0.0341. The molecular weight excluding hydrogens is 233 g/mol. The molecule has 0 saturated heterocycles. The van der Waals surface area contributed by atoms with Gasteiger partial charge in [-0.15, -0.1) is 0 Å². The van der Waals surface area contributed by atoms with Gasteiger partial charge < -0.3 is 15.2 Å². The summed E-state index contributed by atoms with van der Waals surface area (Å²) in [6.45, 7) is 3.38. The zero-order valence-electron chi connectivity index (χ0n) is 10.9. The quantitative estimate of drug-likeness (QED) is 0.666. The fraction of sp³-hybridized carbons (Fsp3) is 0.571. The third-order valence-corrected chi connectivity index (χ3v) is 2.65. The fourth-order valence-electron chi connectivity index (χ4n) is 1.71. The summed E-state index contributed by atoms with van der Waals surface area (Å²) < 4.78 is 18.7. The molecular formula is C14H22FNO2. The van der Waals surface area contributed by atoms with Crippen LogP contribution in [0.5, 0.6) is 5.75 Å². The first-order valence-corrected chi connectivity index (χ1v) is 6.55. The summed E-state index contributed by atoms with van der Waals surface area (Å²) in [6, 6.07) is 4.92. The predicted molar refractivity (Wildman–Crippen MR) is 71.6 cm³/mol. The summed E-state index contributed by atoms with van der Waals surface area (Å²) in [4.78, 5) is 0. The van der Waals surface area contributed by atoms with Gasteiger partial charge in [-0.3, -0.25) is 0 Å². The molecule has 0 unspecified atom stereocenters. The zero-order valence-corrected chi connectivity index (χ0v) is 10.9. The van der Waals surface area contributed by atoms with E-state index in [9.17, 15) is 4.39 Å². The molecule has 1 rings (SSSR count). The average molecular weight is 255 g/mol. The lowest BCUT2D eigenvalue weighted by atomic mass is 10.2.